The average Bonchev–Trinajstić information content (AvgIpc) is 2.44. The zero-order chi connectivity index (χ0) is 15.0. The Kier molecular flexibility index (Phi) is 6.52. The van der Waals surface area contributed by atoms with Gasteiger partial charge in [0, 0.05) is 25.1 Å². The van der Waals surface area contributed by atoms with Gasteiger partial charge in [-0.1, -0.05) is 51.1 Å². The third kappa shape index (κ3) is 5.61. The second-order valence-electron chi connectivity index (χ2n) is 5.93. The maximum absolute atomic E-state index is 11.7. The average molecular weight is 278 g/mol. The summed E-state index contributed by atoms with van der Waals surface area (Å²) in [6, 6.07) is 9.99. The first kappa shape index (κ1) is 16.5. The van der Waals surface area contributed by atoms with Crippen molar-refractivity contribution in [2.75, 3.05) is 19.7 Å². The molecule has 1 rings (SSSR count). The zero-order valence-corrected chi connectivity index (χ0v) is 12.6. The molecule has 2 amide bonds. The second-order valence-corrected chi connectivity index (χ2v) is 5.93. The Bertz CT molecular complexity index is 404. The fourth-order valence-corrected chi connectivity index (χ4v) is 1.94. The Labute approximate surface area is 121 Å². The predicted molar refractivity (Wildman–Crippen MR) is 81.7 cm³/mol. The van der Waals surface area contributed by atoms with Crippen molar-refractivity contribution in [2.24, 2.45) is 5.92 Å². The highest BCUT2D eigenvalue weighted by Crippen LogP contribution is 2.21. The summed E-state index contributed by atoms with van der Waals surface area (Å²) in [4.78, 5) is 11.7. The Morgan fingerprint density at radius 1 is 1.25 bits per heavy atom. The van der Waals surface area contributed by atoms with Crippen LogP contribution in [0, 0.1) is 5.92 Å². The van der Waals surface area contributed by atoms with E-state index in [0.29, 0.717) is 19.5 Å². The summed E-state index contributed by atoms with van der Waals surface area (Å²) in [5.74, 6) is 0.285. The van der Waals surface area contributed by atoms with Gasteiger partial charge in [0.05, 0.1) is 0 Å². The number of rotatable bonds is 7. The van der Waals surface area contributed by atoms with E-state index < -0.39 is 0 Å². The van der Waals surface area contributed by atoms with E-state index in [-0.39, 0.29) is 24.0 Å². The van der Waals surface area contributed by atoms with Crippen LogP contribution in [0.3, 0.4) is 0 Å². The summed E-state index contributed by atoms with van der Waals surface area (Å²) in [7, 11) is 0. The molecule has 0 saturated heterocycles. The minimum atomic E-state index is -0.154. The third-order valence-corrected chi connectivity index (χ3v) is 3.48. The Hall–Kier alpha value is -1.55. The minimum absolute atomic E-state index is 0.102. The highest BCUT2D eigenvalue weighted by Gasteiger charge is 2.20. The highest BCUT2D eigenvalue weighted by atomic mass is 16.3. The normalized spacial score (nSPS) is 12.8. The lowest BCUT2D eigenvalue weighted by Crippen LogP contribution is -2.43. The fourth-order valence-electron chi connectivity index (χ4n) is 1.94. The van der Waals surface area contributed by atoms with Gasteiger partial charge in [0.1, 0.15) is 0 Å². The van der Waals surface area contributed by atoms with E-state index >= 15 is 0 Å². The molecule has 0 radical (unpaired) electrons. The molecule has 3 N–H and O–H groups in total. The molecular formula is C16H26N2O2. The van der Waals surface area contributed by atoms with Gasteiger partial charge in [0.25, 0.3) is 0 Å². The smallest absolute Gasteiger partial charge is 0.314 e. The molecule has 0 aliphatic carbocycles. The molecule has 20 heavy (non-hydrogen) atoms. The van der Waals surface area contributed by atoms with Crippen LogP contribution >= 0.6 is 0 Å². The van der Waals surface area contributed by atoms with Gasteiger partial charge in [-0.3, -0.25) is 0 Å². The molecule has 1 unspecified atom stereocenters. The van der Waals surface area contributed by atoms with Crippen LogP contribution in [0.25, 0.3) is 0 Å². The zero-order valence-electron chi connectivity index (χ0n) is 12.6. The fraction of sp³-hybridized carbons (Fsp3) is 0.562. The van der Waals surface area contributed by atoms with Crippen LogP contribution in [0.15, 0.2) is 30.3 Å². The Balaban J connectivity index is 2.37. The van der Waals surface area contributed by atoms with Crippen LogP contribution in [0.4, 0.5) is 4.79 Å². The molecule has 1 aromatic rings. The minimum Gasteiger partial charge on any atom is -0.396 e. The summed E-state index contributed by atoms with van der Waals surface area (Å²) in [6.07, 6.45) is 0.704. The topological polar surface area (TPSA) is 61.4 Å². The summed E-state index contributed by atoms with van der Waals surface area (Å²) in [5.41, 5.74) is 1.10. The van der Waals surface area contributed by atoms with Crippen molar-refractivity contribution in [1.29, 1.82) is 0 Å². The van der Waals surface area contributed by atoms with Gasteiger partial charge < -0.3 is 15.7 Å². The van der Waals surface area contributed by atoms with Crippen LogP contribution in [0.1, 0.15) is 32.8 Å². The molecule has 0 aliphatic heterocycles. The lowest BCUT2D eigenvalue weighted by molar-refractivity contribution is 0.232. The number of hydrogen-bond acceptors (Lipinski definition) is 2. The highest BCUT2D eigenvalue weighted by molar-refractivity contribution is 5.73. The number of aliphatic hydroxyl groups is 1. The van der Waals surface area contributed by atoms with E-state index in [1.165, 1.54) is 5.56 Å². The van der Waals surface area contributed by atoms with Crippen molar-refractivity contribution in [3.63, 3.8) is 0 Å². The lowest BCUT2D eigenvalue weighted by atomic mass is 9.85. The SMILES string of the molecule is CC(CCO)CNC(=O)NCC(C)(C)c1ccccc1. The molecule has 0 spiro atoms. The molecule has 0 fully saturated rings. The maximum Gasteiger partial charge on any atom is 0.314 e. The van der Waals surface area contributed by atoms with Gasteiger partial charge in [0.15, 0.2) is 0 Å². The molecule has 0 aliphatic rings. The third-order valence-electron chi connectivity index (χ3n) is 3.48. The Morgan fingerprint density at radius 2 is 1.90 bits per heavy atom. The number of carbonyl (C=O) groups is 1. The largest absolute Gasteiger partial charge is 0.396 e. The lowest BCUT2D eigenvalue weighted by Gasteiger charge is -2.25. The summed E-state index contributed by atoms with van der Waals surface area (Å²) < 4.78 is 0. The van der Waals surface area contributed by atoms with Gasteiger partial charge in [0.2, 0.25) is 0 Å². The van der Waals surface area contributed by atoms with Gasteiger partial charge in [-0.15, -0.1) is 0 Å². The van der Waals surface area contributed by atoms with Crippen LogP contribution in [-0.4, -0.2) is 30.8 Å². The van der Waals surface area contributed by atoms with Crippen molar-refractivity contribution >= 4 is 6.03 Å². The summed E-state index contributed by atoms with van der Waals surface area (Å²) in [6.45, 7) is 7.54. The first-order valence-corrected chi connectivity index (χ1v) is 7.14. The second kappa shape index (κ2) is 7.90. The number of urea groups is 1. The van der Waals surface area contributed by atoms with E-state index in [9.17, 15) is 4.79 Å². The van der Waals surface area contributed by atoms with Crippen LogP contribution in [0.5, 0.6) is 0 Å². The van der Waals surface area contributed by atoms with Crippen LogP contribution < -0.4 is 10.6 Å². The van der Waals surface area contributed by atoms with E-state index in [4.69, 9.17) is 5.11 Å². The van der Waals surface area contributed by atoms with E-state index in [2.05, 4.69) is 36.6 Å². The van der Waals surface area contributed by atoms with Crippen molar-refractivity contribution < 1.29 is 9.90 Å². The monoisotopic (exact) mass is 278 g/mol. The van der Waals surface area contributed by atoms with E-state index in [0.717, 1.165) is 0 Å². The van der Waals surface area contributed by atoms with Crippen LogP contribution in [-0.2, 0) is 5.41 Å². The molecule has 1 atom stereocenters. The molecular weight excluding hydrogens is 252 g/mol. The van der Waals surface area contributed by atoms with Gasteiger partial charge in [-0.2, -0.15) is 0 Å². The number of aliphatic hydroxyl groups excluding tert-OH is 1. The van der Waals surface area contributed by atoms with E-state index in [1.807, 2.05) is 25.1 Å². The number of nitrogens with one attached hydrogen (secondary N) is 2. The molecule has 1 aromatic carbocycles. The number of hydrogen-bond donors (Lipinski definition) is 3. The van der Waals surface area contributed by atoms with Crippen LogP contribution in [0.2, 0.25) is 0 Å². The van der Waals surface area contributed by atoms with Gasteiger partial charge in [-0.05, 0) is 17.9 Å². The van der Waals surface area contributed by atoms with Gasteiger partial charge >= 0.3 is 6.03 Å². The van der Waals surface area contributed by atoms with Crippen molar-refractivity contribution in [3.05, 3.63) is 35.9 Å². The van der Waals surface area contributed by atoms with Crippen molar-refractivity contribution in [3.8, 4) is 0 Å². The summed E-state index contributed by atoms with van der Waals surface area (Å²) >= 11 is 0. The van der Waals surface area contributed by atoms with Crippen molar-refractivity contribution in [2.45, 2.75) is 32.6 Å². The molecule has 0 aromatic heterocycles. The first-order valence-electron chi connectivity index (χ1n) is 7.14. The maximum atomic E-state index is 11.7. The predicted octanol–water partition coefficient (Wildman–Crippen LogP) is 2.28. The first-order chi connectivity index (χ1) is 9.45. The quantitative estimate of drug-likeness (QED) is 0.716. The molecule has 4 nitrogen and oxygen atoms in total. The van der Waals surface area contributed by atoms with Crippen molar-refractivity contribution in [1.82, 2.24) is 10.6 Å². The Morgan fingerprint density at radius 3 is 2.50 bits per heavy atom. The number of benzene rings is 1. The number of carbonyl (C=O) groups excluding carboxylic acids is 1. The molecule has 0 saturated carbocycles. The summed E-state index contributed by atoms with van der Waals surface area (Å²) in [5, 5.41) is 14.5. The number of amides is 2. The van der Waals surface area contributed by atoms with E-state index in [1.54, 1.807) is 0 Å². The molecule has 112 valence electrons. The standard InChI is InChI=1S/C16H26N2O2/c1-13(9-10-19)11-17-15(20)18-12-16(2,3)14-7-5-4-6-8-14/h4-8,13,19H,9-12H2,1-3H3,(H2,17,18,20). The molecule has 4 heteroatoms. The molecule has 0 heterocycles. The van der Waals surface area contributed by atoms with Gasteiger partial charge in [-0.25, -0.2) is 4.79 Å². The molecule has 0 bridgehead atoms.